The SMILES string of the molecule is O=C1C[C@@H](N2CCN(c3cnccn3)CC2)C(=O)N1Cc1ccccc1. The summed E-state index contributed by atoms with van der Waals surface area (Å²) in [6, 6.07) is 9.31. The van der Waals surface area contributed by atoms with Gasteiger partial charge in [0.2, 0.25) is 11.8 Å². The molecular formula is C19H21N5O2. The number of anilines is 1. The van der Waals surface area contributed by atoms with Crippen LogP contribution < -0.4 is 4.90 Å². The van der Waals surface area contributed by atoms with E-state index in [1.54, 1.807) is 18.6 Å². The molecule has 0 saturated carbocycles. The third kappa shape index (κ3) is 3.30. The zero-order valence-corrected chi connectivity index (χ0v) is 14.5. The Bertz CT molecular complexity index is 775. The van der Waals surface area contributed by atoms with Gasteiger partial charge in [-0.1, -0.05) is 30.3 Å². The third-order valence-corrected chi connectivity index (χ3v) is 5.03. The van der Waals surface area contributed by atoms with Crippen LogP contribution in [-0.4, -0.2) is 63.8 Å². The van der Waals surface area contributed by atoms with Gasteiger partial charge in [-0.05, 0) is 5.56 Å². The Balaban J connectivity index is 1.38. The number of benzene rings is 1. The highest BCUT2D eigenvalue weighted by Crippen LogP contribution is 2.23. The summed E-state index contributed by atoms with van der Waals surface area (Å²) in [5.41, 5.74) is 0.974. The maximum Gasteiger partial charge on any atom is 0.247 e. The van der Waals surface area contributed by atoms with Crippen LogP contribution >= 0.6 is 0 Å². The second-order valence-corrected chi connectivity index (χ2v) is 6.61. The fraction of sp³-hybridized carbons (Fsp3) is 0.368. The maximum absolute atomic E-state index is 12.8. The molecule has 2 aromatic rings. The molecule has 0 unspecified atom stereocenters. The molecule has 0 spiro atoms. The smallest absolute Gasteiger partial charge is 0.247 e. The van der Waals surface area contributed by atoms with E-state index in [0.29, 0.717) is 6.54 Å². The molecule has 0 aliphatic carbocycles. The summed E-state index contributed by atoms with van der Waals surface area (Å²) in [6.45, 7) is 3.37. The van der Waals surface area contributed by atoms with Crippen molar-refractivity contribution in [3.8, 4) is 0 Å². The predicted octanol–water partition coefficient (Wildman–Crippen LogP) is 0.926. The molecule has 0 N–H and O–H groups in total. The largest absolute Gasteiger partial charge is 0.353 e. The van der Waals surface area contributed by atoms with E-state index in [-0.39, 0.29) is 24.3 Å². The van der Waals surface area contributed by atoms with Gasteiger partial charge in [0, 0.05) is 38.6 Å². The van der Waals surface area contributed by atoms with Crippen molar-refractivity contribution in [3.63, 3.8) is 0 Å². The second kappa shape index (κ2) is 7.21. The monoisotopic (exact) mass is 351 g/mol. The molecule has 2 aliphatic heterocycles. The van der Waals surface area contributed by atoms with E-state index in [1.165, 1.54) is 4.90 Å². The molecule has 3 heterocycles. The third-order valence-electron chi connectivity index (χ3n) is 5.03. The van der Waals surface area contributed by atoms with Crippen molar-refractivity contribution in [1.29, 1.82) is 0 Å². The second-order valence-electron chi connectivity index (χ2n) is 6.61. The van der Waals surface area contributed by atoms with Crippen LogP contribution in [0.5, 0.6) is 0 Å². The molecular weight excluding hydrogens is 330 g/mol. The number of rotatable bonds is 4. The first-order chi connectivity index (χ1) is 12.7. The average Bonchev–Trinajstić information content (AvgIpc) is 2.98. The standard InChI is InChI=1S/C19H21N5O2/c25-18-12-16(19(26)24(18)14-15-4-2-1-3-5-15)22-8-10-23(11-9-22)17-13-20-6-7-21-17/h1-7,13,16H,8-12,14H2/t16-/m1/s1. The number of carbonyl (C=O) groups excluding carboxylic acids is 2. The number of piperazine rings is 1. The van der Waals surface area contributed by atoms with Gasteiger partial charge in [0.15, 0.2) is 0 Å². The molecule has 1 aromatic heterocycles. The van der Waals surface area contributed by atoms with E-state index >= 15 is 0 Å². The lowest BCUT2D eigenvalue weighted by Gasteiger charge is -2.37. The van der Waals surface area contributed by atoms with Gasteiger partial charge in [-0.3, -0.25) is 24.4 Å². The quantitative estimate of drug-likeness (QED) is 0.763. The predicted molar refractivity (Wildman–Crippen MR) is 96.2 cm³/mol. The lowest BCUT2D eigenvalue weighted by atomic mass is 10.1. The normalized spacial score (nSPS) is 21.5. The van der Waals surface area contributed by atoms with Gasteiger partial charge in [-0.2, -0.15) is 0 Å². The van der Waals surface area contributed by atoms with Crippen molar-refractivity contribution < 1.29 is 9.59 Å². The van der Waals surface area contributed by atoms with E-state index in [2.05, 4.69) is 19.8 Å². The van der Waals surface area contributed by atoms with Crippen LogP contribution in [-0.2, 0) is 16.1 Å². The van der Waals surface area contributed by atoms with Crippen LogP contribution in [0.1, 0.15) is 12.0 Å². The minimum Gasteiger partial charge on any atom is -0.353 e. The molecule has 26 heavy (non-hydrogen) atoms. The van der Waals surface area contributed by atoms with Crippen molar-refractivity contribution in [3.05, 3.63) is 54.5 Å². The lowest BCUT2D eigenvalue weighted by Crippen LogP contribution is -2.52. The zero-order valence-electron chi connectivity index (χ0n) is 14.5. The molecule has 4 rings (SSSR count). The Morgan fingerprint density at radius 3 is 2.46 bits per heavy atom. The van der Waals surface area contributed by atoms with Gasteiger partial charge < -0.3 is 4.90 Å². The van der Waals surface area contributed by atoms with Crippen molar-refractivity contribution in [1.82, 2.24) is 19.8 Å². The average molecular weight is 351 g/mol. The van der Waals surface area contributed by atoms with Gasteiger partial charge in [0.1, 0.15) is 5.82 Å². The molecule has 1 aromatic carbocycles. The van der Waals surface area contributed by atoms with E-state index < -0.39 is 0 Å². The lowest BCUT2D eigenvalue weighted by molar-refractivity contribution is -0.140. The number of aromatic nitrogens is 2. The molecule has 2 fully saturated rings. The van der Waals surface area contributed by atoms with Crippen LogP contribution in [0, 0.1) is 0 Å². The molecule has 134 valence electrons. The van der Waals surface area contributed by atoms with Crippen LogP contribution in [0.15, 0.2) is 48.9 Å². The highest BCUT2D eigenvalue weighted by molar-refractivity contribution is 6.05. The highest BCUT2D eigenvalue weighted by Gasteiger charge is 2.42. The number of hydrogen-bond donors (Lipinski definition) is 0. The van der Waals surface area contributed by atoms with Gasteiger partial charge >= 0.3 is 0 Å². The van der Waals surface area contributed by atoms with Crippen LogP contribution in [0.4, 0.5) is 5.82 Å². The van der Waals surface area contributed by atoms with E-state index in [1.807, 2.05) is 30.3 Å². The number of nitrogens with zero attached hydrogens (tertiary/aromatic N) is 5. The summed E-state index contributed by atoms with van der Waals surface area (Å²) < 4.78 is 0. The Morgan fingerprint density at radius 1 is 1.00 bits per heavy atom. The zero-order chi connectivity index (χ0) is 17.9. The number of carbonyl (C=O) groups is 2. The molecule has 7 nitrogen and oxygen atoms in total. The first-order valence-electron chi connectivity index (χ1n) is 8.85. The van der Waals surface area contributed by atoms with Crippen molar-refractivity contribution in [2.75, 3.05) is 31.1 Å². The van der Waals surface area contributed by atoms with Crippen LogP contribution in [0.25, 0.3) is 0 Å². The molecule has 7 heteroatoms. The van der Waals surface area contributed by atoms with E-state index in [0.717, 1.165) is 37.6 Å². The van der Waals surface area contributed by atoms with Crippen LogP contribution in [0.3, 0.4) is 0 Å². The van der Waals surface area contributed by atoms with Gasteiger partial charge in [0.05, 0.1) is 25.2 Å². The first kappa shape index (κ1) is 16.7. The molecule has 2 amide bonds. The van der Waals surface area contributed by atoms with Crippen molar-refractivity contribution in [2.24, 2.45) is 0 Å². The fourth-order valence-corrected chi connectivity index (χ4v) is 3.60. The Kier molecular flexibility index (Phi) is 4.62. The van der Waals surface area contributed by atoms with Crippen molar-refractivity contribution in [2.45, 2.75) is 19.0 Å². The van der Waals surface area contributed by atoms with Gasteiger partial charge in [-0.15, -0.1) is 0 Å². The minimum atomic E-state index is -0.338. The highest BCUT2D eigenvalue weighted by atomic mass is 16.2. The molecule has 0 bridgehead atoms. The Hall–Kier alpha value is -2.80. The topological polar surface area (TPSA) is 69.6 Å². The molecule has 0 radical (unpaired) electrons. The number of imide groups is 1. The van der Waals surface area contributed by atoms with E-state index in [9.17, 15) is 9.59 Å². The number of hydrogen-bond acceptors (Lipinski definition) is 6. The Labute approximate surface area is 152 Å². The minimum absolute atomic E-state index is 0.0770. The Morgan fingerprint density at radius 2 is 1.77 bits per heavy atom. The molecule has 2 saturated heterocycles. The maximum atomic E-state index is 12.8. The van der Waals surface area contributed by atoms with Gasteiger partial charge in [0.25, 0.3) is 0 Å². The first-order valence-corrected chi connectivity index (χ1v) is 8.85. The summed E-state index contributed by atoms with van der Waals surface area (Å²) in [7, 11) is 0. The summed E-state index contributed by atoms with van der Waals surface area (Å²) in [5, 5.41) is 0. The molecule has 1 atom stereocenters. The van der Waals surface area contributed by atoms with E-state index in [4.69, 9.17) is 0 Å². The number of amides is 2. The summed E-state index contributed by atoms with van der Waals surface area (Å²) in [4.78, 5) is 39.3. The fourth-order valence-electron chi connectivity index (χ4n) is 3.60. The summed E-state index contributed by atoms with van der Waals surface area (Å²) >= 11 is 0. The van der Waals surface area contributed by atoms with Crippen LogP contribution in [0.2, 0.25) is 0 Å². The summed E-state index contributed by atoms with van der Waals surface area (Å²) in [5.74, 6) is 0.693. The summed E-state index contributed by atoms with van der Waals surface area (Å²) in [6.07, 6.45) is 5.37. The van der Waals surface area contributed by atoms with Crippen molar-refractivity contribution >= 4 is 17.6 Å². The number of likely N-dealkylation sites (tertiary alicyclic amines) is 1. The molecule has 2 aliphatic rings. The van der Waals surface area contributed by atoms with Gasteiger partial charge in [-0.25, -0.2) is 4.98 Å².